The normalized spacial score (nSPS) is 15.6. The second-order valence-corrected chi connectivity index (χ2v) is 3.84. The van der Waals surface area contributed by atoms with E-state index in [2.05, 4.69) is 25.9 Å². The number of nitrogens with two attached hydrogens (primary N) is 1. The number of alkyl halides is 4. The number of halogens is 4. The van der Waals surface area contributed by atoms with Gasteiger partial charge in [-0.15, -0.1) is 0 Å². The average molecular weight is 316 g/mol. The minimum absolute atomic E-state index is 0.0875. The number of nitrogens with zero attached hydrogens (tertiary/aromatic N) is 2. The van der Waals surface area contributed by atoms with Crippen LogP contribution in [0.3, 0.4) is 0 Å². The molecule has 4 N–H and O–H groups in total. The van der Waals surface area contributed by atoms with Gasteiger partial charge in [0, 0.05) is 17.1 Å². The molecule has 0 aliphatic rings. The zero-order chi connectivity index (χ0) is 13.2. The Bertz CT molecular complexity index is 402. The number of nitrogen functional groups attached to an aromatic ring is 1. The second kappa shape index (κ2) is 5.15. The Kier molecular flexibility index (Phi) is 4.28. The predicted octanol–water partition coefficient (Wildman–Crippen LogP) is 0.867. The molecule has 1 heterocycles. The molecule has 1 rings (SSSR count). The number of aliphatic hydroxyl groups excluding tert-OH is 2. The highest BCUT2D eigenvalue weighted by Gasteiger charge is 2.38. The molecule has 2 unspecified atom stereocenters. The number of rotatable bonds is 3. The summed E-state index contributed by atoms with van der Waals surface area (Å²) in [5.41, 5.74) is 3.10. The third-order valence-electron chi connectivity index (χ3n) is 1.95. The van der Waals surface area contributed by atoms with Crippen LogP contribution in [-0.2, 0) is 6.18 Å². The van der Waals surface area contributed by atoms with Crippen molar-refractivity contribution in [3.8, 4) is 0 Å². The van der Waals surface area contributed by atoms with Crippen LogP contribution in [0.15, 0.2) is 6.20 Å². The highest BCUT2D eigenvalue weighted by molar-refractivity contribution is 9.09. The maximum Gasteiger partial charge on any atom is 0.433 e. The van der Waals surface area contributed by atoms with Gasteiger partial charge in [-0.3, -0.25) is 0 Å². The molecule has 0 amide bonds. The van der Waals surface area contributed by atoms with E-state index in [4.69, 9.17) is 5.73 Å². The minimum Gasteiger partial charge on any atom is -0.389 e. The average Bonchev–Trinajstić information content (AvgIpc) is 2.25. The Morgan fingerprint density at radius 2 is 2.00 bits per heavy atom. The fourth-order valence-electron chi connectivity index (χ4n) is 1.14. The molecule has 0 radical (unpaired) electrons. The Morgan fingerprint density at radius 3 is 2.47 bits per heavy atom. The van der Waals surface area contributed by atoms with E-state index in [1.807, 2.05) is 0 Å². The minimum atomic E-state index is -4.78. The number of aromatic nitrogens is 2. The smallest absolute Gasteiger partial charge is 0.389 e. The van der Waals surface area contributed by atoms with Gasteiger partial charge in [-0.25, -0.2) is 9.97 Å². The predicted molar refractivity (Wildman–Crippen MR) is 56.2 cm³/mol. The third-order valence-corrected chi connectivity index (χ3v) is 2.61. The monoisotopic (exact) mass is 315 g/mol. The van der Waals surface area contributed by atoms with Crippen molar-refractivity contribution in [2.75, 3.05) is 11.1 Å². The van der Waals surface area contributed by atoms with Crippen LogP contribution in [0.4, 0.5) is 19.1 Å². The highest BCUT2D eigenvalue weighted by Crippen LogP contribution is 2.34. The van der Waals surface area contributed by atoms with Crippen molar-refractivity contribution in [2.24, 2.45) is 0 Å². The summed E-state index contributed by atoms with van der Waals surface area (Å²) in [6.45, 7) is 0. The van der Waals surface area contributed by atoms with Gasteiger partial charge in [-0.05, 0) is 0 Å². The Labute approximate surface area is 103 Å². The van der Waals surface area contributed by atoms with Gasteiger partial charge in [-0.1, -0.05) is 15.9 Å². The van der Waals surface area contributed by atoms with E-state index in [1.165, 1.54) is 0 Å². The van der Waals surface area contributed by atoms with E-state index in [0.29, 0.717) is 0 Å². The lowest BCUT2D eigenvalue weighted by Gasteiger charge is -2.19. The van der Waals surface area contributed by atoms with Crippen molar-refractivity contribution in [3.05, 3.63) is 17.5 Å². The largest absolute Gasteiger partial charge is 0.433 e. The molecular weight excluding hydrogens is 307 g/mol. The summed E-state index contributed by atoms with van der Waals surface area (Å²) in [4.78, 5) is 6.41. The van der Waals surface area contributed by atoms with Gasteiger partial charge in [-0.2, -0.15) is 13.2 Å². The van der Waals surface area contributed by atoms with Crippen LogP contribution in [-0.4, -0.2) is 31.6 Å². The molecule has 0 saturated carbocycles. The topological polar surface area (TPSA) is 92.3 Å². The van der Waals surface area contributed by atoms with Crippen molar-refractivity contribution in [2.45, 2.75) is 18.4 Å². The first-order chi connectivity index (χ1) is 7.77. The summed E-state index contributed by atoms with van der Waals surface area (Å²) in [5.74, 6) is -0.554. The number of aliphatic hydroxyl groups is 2. The Balaban J connectivity index is 3.24. The maximum absolute atomic E-state index is 12.6. The molecule has 9 heteroatoms. The summed E-state index contributed by atoms with van der Waals surface area (Å²) >= 11 is 2.85. The molecule has 0 spiro atoms. The SMILES string of the molecule is Nc1ncc(C(O)C(O)CBr)c(C(F)(F)F)n1. The molecule has 0 saturated heterocycles. The molecule has 0 bridgehead atoms. The fraction of sp³-hybridized carbons (Fsp3) is 0.500. The van der Waals surface area contributed by atoms with Crippen LogP contribution in [0.2, 0.25) is 0 Å². The Morgan fingerprint density at radius 1 is 1.41 bits per heavy atom. The summed E-state index contributed by atoms with van der Waals surface area (Å²) in [6, 6.07) is 0. The van der Waals surface area contributed by atoms with Gasteiger partial charge in [0.1, 0.15) is 6.10 Å². The second-order valence-electron chi connectivity index (χ2n) is 3.20. The van der Waals surface area contributed by atoms with E-state index in [9.17, 15) is 23.4 Å². The van der Waals surface area contributed by atoms with Crippen LogP contribution in [0.1, 0.15) is 17.4 Å². The van der Waals surface area contributed by atoms with Crippen molar-refractivity contribution < 1.29 is 23.4 Å². The molecule has 5 nitrogen and oxygen atoms in total. The molecule has 1 aromatic rings. The molecule has 1 aromatic heterocycles. The third kappa shape index (κ3) is 3.27. The summed E-state index contributed by atoms with van der Waals surface area (Å²) in [7, 11) is 0. The van der Waals surface area contributed by atoms with Crippen molar-refractivity contribution in [1.29, 1.82) is 0 Å². The summed E-state index contributed by atoms with van der Waals surface area (Å²) in [5, 5.41) is 18.7. The fourth-order valence-corrected chi connectivity index (χ4v) is 1.49. The number of hydrogen-bond acceptors (Lipinski definition) is 5. The van der Waals surface area contributed by atoms with E-state index < -0.39 is 35.6 Å². The first-order valence-corrected chi connectivity index (χ1v) is 5.51. The van der Waals surface area contributed by atoms with Gasteiger partial charge >= 0.3 is 6.18 Å². The van der Waals surface area contributed by atoms with Crippen LogP contribution < -0.4 is 5.73 Å². The van der Waals surface area contributed by atoms with Crippen molar-refractivity contribution in [3.63, 3.8) is 0 Å². The lowest BCUT2D eigenvalue weighted by molar-refractivity contribution is -0.143. The molecule has 2 atom stereocenters. The van der Waals surface area contributed by atoms with Crippen LogP contribution in [0.25, 0.3) is 0 Å². The highest BCUT2D eigenvalue weighted by atomic mass is 79.9. The summed E-state index contributed by atoms with van der Waals surface area (Å²) in [6.07, 6.45) is -7.17. The van der Waals surface area contributed by atoms with Crippen LogP contribution in [0, 0.1) is 0 Å². The lowest BCUT2D eigenvalue weighted by Crippen LogP contribution is -2.24. The van der Waals surface area contributed by atoms with Gasteiger partial charge in [0.15, 0.2) is 5.69 Å². The van der Waals surface area contributed by atoms with E-state index >= 15 is 0 Å². The maximum atomic E-state index is 12.6. The van der Waals surface area contributed by atoms with Gasteiger partial charge in [0.05, 0.1) is 6.10 Å². The van der Waals surface area contributed by atoms with Gasteiger partial charge in [0.25, 0.3) is 0 Å². The number of anilines is 1. The number of hydrogen-bond donors (Lipinski definition) is 3. The van der Waals surface area contributed by atoms with E-state index in [-0.39, 0.29) is 5.33 Å². The quantitative estimate of drug-likeness (QED) is 0.720. The molecule has 96 valence electrons. The van der Waals surface area contributed by atoms with Gasteiger partial charge < -0.3 is 15.9 Å². The molecule has 0 aliphatic heterocycles. The molecule has 0 fully saturated rings. The molecule has 17 heavy (non-hydrogen) atoms. The molecule has 0 aromatic carbocycles. The zero-order valence-corrected chi connectivity index (χ0v) is 9.90. The van der Waals surface area contributed by atoms with Gasteiger partial charge in [0.2, 0.25) is 5.95 Å². The van der Waals surface area contributed by atoms with E-state index in [0.717, 1.165) is 6.20 Å². The zero-order valence-electron chi connectivity index (χ0n) is 8.32. The lowest BCUT2D eigenvalue weighted by atomic mass is 10.1. The van der Waals surface area contributed by atoms with Crippen molar-refractivity contribution >= 4 is 21.9 Å². The van der Waals surface area contributed by atoms with Crippen LogP contribution >= 0.6 is 15.9 Å². The Hall–Kier alpha value is -0.930. The molecule has 0 aliphatic carbocycles. The first-order valence-electron chi connectivity index (χ1n) is 4.39. The van der Waals surface area contributed by atoms with Crippen molar-refractivity contribution in [1.82, 2.24) is 9.97 Å². The molecular formula is C8H9BrF3N3O2. The summed E-state index contributed by atoms with van der Waals surface area (Å²) < 4.78 is 37.8. The van der Waals surface area contributed by atoms with Crippen LogP contribution in [0.5, 0.6) is 0 Å². The van der Waals surface area contributed by atoms with E-state index in [1.54, 1.807) is 0 Å². The first kappa shape index (κ1) is 14.1. The standard InChI is InChI=1S/C8H9BrF3N3O2/c9-1-4(16)5(17)3-2-14-7(13)15-6(3)8(10,11)12/h2,4-5,16-17H,1H2,(H2,13,14,15).